The minimum absolute atomic E-state index is 0.0294. The van der Waals surface area contributed by atoms with Gasteiger partial charge in [-0.2, -0.15) is 0 Å². The second kappa shape index (κ2) is 12.2. The smallest absolute Gasteiger partial charge is 0.258 e. The van der Waals surface area contributed by atoms with Crippen molar-refractivity contribution in [2.45, 2.75) is 6.54 Å². The highest BCUT2D eigenvalue weighted by Crippen LogP contribution is 2.17. The molecule has 0 unspecified atom stereocenters. The lowest BCUT2D eigenvalue weighted by molar-refractivity contribution is -0.114. The van der Waals surface area contributed by atoms with E-state index in [2.05, 4.69) is 16.0 Å². The number of hydrogen-bond acceptors (Lipinski definition) is 4. The van der Waals surface area contributed by atoms with Gasteiger partial charge in [-0.25, -0.2) is 0 Å². The van der Waals surface area contributed by atoms with Gasteiger partial charge in [-0.05, 0) is 60.2 Å². The SMILES string of the molecule is CN(C(=O)c1cccc(NC(=O)CNc2ccc(C(=O)NCc3ccccc3)cc2)c1)c1ccccc1. The number of para-hydroxylation sites is 1. The van der Waals surface area contributed by atoms with Gasteiger partial charge in [0.05, 0.1) is 6.54 Å². The summed E-state index contributed by atoms with van der Waals surface area (Å²) in [6, 6.07) is 32.8. The second-order valence-corrected chi connectivity index (χ2v) is 8.43. The first-order valence-electron chi connectivity index (χ1n) is 11.9. The summed E-state index contributed by atoms with van der Waals surface area (Å²) in [5.74, 6) is -0.598. The maximum atomic E-state index is 12.9. The number of anilines is 3. The Morgan fingerprint density at radius 2 is 1.38 bits per heavy atom. The molecule has 37 heavy (non-hydrogen) atoms. The first kappa shape index (κ1) is 25.2. The molecule has 7 heteroatoms. The van der Waals surface area contributed by atoms with Gasteiger partial charge in [0.25, 0.3) is 11.8 Å². The Labute approximate surface area is 216 Å². The van der Waals surface area contributed by atoms with Gasteiger partial charge in [-0.15, -0.1) is 0 Å². The van der Waals surface area contributed by atoms with E-state index >= 15 is 0 Å². The highest BCUT2D eigenvalue weighted by atomic mass is 16.2. The average molecular weight is 493 g/mol. The van der Waals surface area contributed by atoms with Crippen LogP contribution in [0.4, 0.5) is 17.1 Å². The van der Waals surface area contributed by atoms with Crippen molar-refractivity contribution in [1.29, 1.82) is 0 Å². The van der Waals surface area contributed by atoms with E-state index in [1.54, 1.807) is 60.5 Å². The summed E-state index contributed by atoms with van der Waals surface area (Å²) in [5.41, 5.74) is 4.06. The first-order valence-corrected chi connectivity index (χ1v) is 11.9. The predicted octanol–water partition coefficient (Wildman–Crippen LogP) is 4.94. The summed E-state index contributed by atoms with van der Waals surface area (Å²) in [7, 11) is 1.71. The van der Waals surface area contributed by atoms with E-state index < -0.39 is 0 Å². The van der Waals surface area contributed by atoms with E-state index in [4.69, 9.17) is 0 Å². The maximum absolute atomic E-state index is 12.9. The minimum atomic E-state index is -0.259. The van der Waals surface area contributed by atoms with Crippen molar-refractivity contribution >= 4 is 34.8 Å². The van der Waals surface area contributed by atoms with E-state index in [1.807, 2.05) is 60.7 Å². The molecule has 0 atom stereocenters. The Hall–Kier alpha value is -4.91. The van der Waals surface area contributed by atoms with Gasteiger partial charge in [0.2, 0.25) is 5.91 Å². The molecule has 0 bridgehead atoms. The molecule has 3 N–H and O–H groups in total. The zero-order valence-electron chi connectivity index (χ0n) is 20.5. The third-order valence-electron chi connectivity index (χ3n) is 5.74. The highest BCUT2D eigenvalue weighted by molar-refractivity contribution is 6.06. The molecule has 0 saturated heterocycles. The largest absolute Gasteiger partial charge is 0.376 e. The van der Waals surface area contributed by atoms with Crippen LogP contribution < -0.4 is 20.9 Å². The zero-order valence-corrected chi connectivity index (χ0v) is 20.5. The van der Waals surface area contributed by atoms with Crippen molar-refractivity contribution in [3.63, 3.8) is 0 Å². The predicted molar refractivity (Wildman–Crippen MR) is 147 cm³/mol. The van der Waals surface area contributed by atoms with E-state index in [-0.39, 0.29) is 24.3 Å². The van der Waals surface area contributed by atoms with Gasteiger partial charge >= 0.3 is 0 Å². The van der Waals surface area contributed by atoms with E-state index in [0.717, 1.165) is 11.3 Å². The Morgan fingerprint density at radius 1 is 0.703 bits per heavy atom. The minimum Gasteiger partial charge on any atom is -0.376 e. The molecule has 4 aromatic carbocycles. The fourth-order valence-corrected chi connectivity index (χ4v) is 3.70. The van der Waals surface area contributed by atoms with E-state index in [0.29, 0.717) is 29.0 Å². The van der Waals surface area contributed by atoms with Crippen molar-refractivity contribution in [1.82, 2.24) is 5.32 Å². The van der Waals surface area contributed by atoms with E-state index in [9.17, 15) is 14.4 Å². The molecule has 0 spiro atoms. The lowest BCUT2D eigenvalue weighted by atomic mass is 10.1. The number of nitrogens with zero attached hydrogens (tertiary/aromatic N) is 1. The number of rotatable bonds is 9. The third-order valence-corrected chi connectivity index (χ3v) is 5.74. The summed E-state index contributed by atoms with van der Waals surface area (Å²) >= 11 is 0. The van der Waals surface area contributed by atoms with Crippen LogP contribution in [0.25, 0.3) is 0 Å². The van der Waals surface area contributed by atoms with Crippen LogP contribution in [0.3, 0.4) is 0 Å². The molecule has 0 fully saturated rings. The van der Waals surface area contributed by atoms with Gasteiger partial charge < -0.3 is 20.9 Å². The van der Waals surface area contributed by atoms with Gasteiger partial charge in [-0.3, -0.25) is 14.4 Å². The Bertz CT molecular complexity index is 1360. The number of carbonyl (C=O) groups excluding carboxylic acids is 3. The first-order chi connectivity index (χ1) is 18.0. The number of carbonyl (C=O) groups is 3. The number of amides is 3. The molecule has 0 aliphatic heterocycles. The molecule has 0 aromatic heterocycles. The fourth-order valence-electron chi connectivity index (χ4n) is 3.70. The maximum Gasteiger partial charge on any atom is 0.258 e. The monoisotopic (exact) mass is 492 g/mol. The second-order valence-electron chi connectivity index (χ2n) is 8.43. The molecule has 7 nitrogen and oxygen atoms in total. The van der Waals surface area contributed by atoms with Crippen LogP contribution in [0.1, 0.15) is 26.3 Å². The number of hydrogen-bond donors (Lipinski definition) is 3. The molecule has 186 valence electrons. The van der Waals surface area contributed by atoms with Crippen LogP contribution in [0.5, 0.6) is 0 Å². The number of nitrogens with one attached hydrogen (secondary N) is 3. The van der Waals surface area contributed by atoms with Crippen molar-refractivity contribution < 1.29 is 14.4 Å². The third kappa shape index (κ3) is 7.05. The molecule has 4 rings (SSSR count). The van der Waals surface area contributed by atoms with Gasteiger partial charge in [-0.1, -0.05) is 54.6 Å². The number of benzene rings is 4. The standard InChI is InChI=1S/C30H28N4O3/c1-34(27-13-6-3-7-14-27)30(37)24-11-8-12-26(19-24)33-28(35)21-31-25-17-15-23(16-18-25)29(36)32-20-22-9-4-2-5-10-22/h2-19,31H,20-21H2,1H3,(H,32,36)(H,33,35). The Morgan fingerprint density at radius 3 is 2.08 bits per heavy atom. The quantitative estimate of drug-likeness (QED) is 0.309. The molecular formula is C30H28N4O3. The molecule has 0 radical (unpaired) electrons. The van der Waals surface area contributed by atoms with Gasteiger partial charge in [0, 0.05) is 41.8 Å². The fraction of sp³-hybridized carbons (Fsp3) is 0.100. The zero-order chi connectivity index (χ0) is 26.0. The molecule has 0 aliphatic rings. The lowest BCUT2D eigenvalue weighted by Gasteiger charge is -2.17. The summed E-state index contributed by atoms with van der Waals surface area (Å²) in [6.07, 6.45) is 0. The topological polar surface area (TPSA) is 90.5 Å². The van der Waals surface area contributed by atoms with Gasteiger partial charge in [0.15, 0.2) is 0 Å². The van der Waals surface area contributed by atoms with Crippen LogP contribution in [-0.4, -0.2) is 31.3 Å². The van der Waals surface area contributed by atoms with Gasteiger partial charge in [0.1, 0.15) is 0 Å². The molecule has 0 heterocycles. The normalized spacial score (nSPS) is 10.3. The molecular weight excluding hydrogens is 464 g/mol. The molecule has 0 saturated carbocycles. The van der Waals surface area contributed by atoms with Crippen LogP contribution >= 0.6 is 0 Å². The molecule has 4 aromatic rings. The van der Waals surface area contributed by atoms with Crippen molar-refractivity contribution in [3.05, 3.63) is 126 Å². The highest BCUT2D eigenvalue weighted by Gasteiger charge is 2.14. The van der Waals surface area contributed by atoms with Crippen molar-refractivity contribution in [2.75, 3.05) is 29.1 Å². The summed E-state index contributed by atoms with van der Waals surface area (Å²) in [5, 5.41) is 8.75. The van der Waals surface area contributed by atoms with Crippen LogP contribution in [-0.2, 0) is 11.3 Å². The van der Waals surface area contributed by atoms with E-state index in [1.165, 1.54) is 0 Å². The summed E-state index contributed by atoms with van der Waals surface area (Å²) in [6.45, 7) is 0.483. The average Bonchev–Trinajstić information content (AvgIpc) is 2.95. The summed E-state index contributed by atoms with van der Waals surface area (Å²) < 4.78 is 0. The summed E-state index contributed by atoms with van der Waals surface area (Å²) in [4.78, 5) is 39.3. The van der Waals surface area contributed by atoms with Crippen LogP contribution in [0.15, 0.2) is 109 Å². The van der Waals surface area contributed by atoms with Crippen molar-refractivity contribution in [3.8, 4) is 0 Å². The Balaban J connectivity index is 1.27. The molecule has 3 amide bonds. The van der Waals surface area contributed by atoms with Crippen molar-refractivity contribution in [2.24, 2.45) is 0 Å². The molecule has 0 aliphatic carbocycles. The Kier molecular flexibility index (Phi) is 8.29. The van der Waals surface area contributed by atoms with Crippen LogP contribution in [0.2, 0.25) is 0 Å². The lowest BCUT2D eigenvalue weighted by Crippen LogP contribution is -2.26. The van der Waals surface area contributed by atoms with Crippen LogP contribution in [0, 0.1) is 0 Å².